The molecular weight excluding hydrogens is 300 g/mol. The average molecular weight is 323 g/mol. The van der Waals surface area contributed by atoms with Gasteiger partial charge in [0.15, 0.2) is 0 Å². The highest BCUT2D eigenvalue weighted by molar-refractivity contribution is 7.16. The maximum absolute atomic E-state index is 5.98. The van der Waals surface area contributed by atoms with E-state index in [-0.39, 0.29) is 0 Å². The molecule has 1 aromatic heterocycles. The number of nitrogens with one attached hydrogen (secondary N) is 1. The first-order chi connectivity index (χ1) is 10.1. The first kappa shape index (κ1) is 16.5. The van der Waals surface area contributed by atoms with Crippen LogP contribution in [0, 0.1) is 6.92 Å². The van der Waals surface area contributed by atoms with E-state index in [0.29, 0.717) is 6.04 Å². The summed E-state index contributed by atoms with van der Waals surface area (Å²) in [4.78, 5) is 3.67. The summed E-state index contributed by atoms with van der Waals surface area (Å²) in [6, 6.07) is 13.3. The van der Waals surface area contributed by atoms with E-state index >= 15 is 0 Å². The SMILES string of the molecule is CNC(CCN(C)Cc1ccc(Cl)s1)c1ccc(C)cc1. The van der Waals surface area contributed by atoms with Gasteiger partial charge in [0.25, 0.3) is 0 Å². The molecule has 0 aliphatic heterocycles. The first-order valence-corrected chi connectivity index (χ1v) is 8.44. The smallest absolute Gasteiger partial charge is 0.0931 e. The fraction of sp³-hybridized carbons (Fsp3) is 0.412. The Labute approximate surface area is 136 Å². The average Bonchev–Trinajstić information content (AvgIpc) is 2.86. The van der Waals surface area contributed by atoms with Crippen LogP contribution in [0.2, 0.25) is 4.34 Å². The minimum atomic E-state index is 0.403. The van der Waals surface area contributed by atoms with Crippen molar-refractivity contribution >= 4 is 22.9 Å². The molecule has 0 aliphatic rings. The molecule has 2 rings (SSSR count). The van der Waals surface area contributed by atoms with Crippen LogP contribution in [0.1, 0.15) is 28.5 Å². The lowest BCUT2D eigenvalue weighted by molar-refractivity contribution is 0.306. The lowest BCUT2D eigenvalue weighted by Crippen LogP contribution is -2.25. The van der Waals surface area contributed by atoms with Gasteiger partial charge in [-0.1, -0.05) is 41.4 Å². The van der Waals surface area contributed by atoms with Crippen LogP contribution >= 0.6 is 22.9 Å². The zero-order valence-electron chi connectivity index (χ0n) is 12.9. The van der Waals surface area contributed by atoms with Crippen LogP contribution in [-0.2, 0) is 6.54 Å². The Hall–Kier alpha value is -0.870. The van der Waals surface area contributed by atoms with Gasteiger partial charge in [0, 0.05) is 24.0 Å². The van der Waals surface area contributed by atoms with E-state index < -0.39 is 0 Å². The van der Waals surface area contributed by atoms with Crippen molar-refractivity contribution in [3.63, 3.8) is 0 Å². The summed E-state index contributed by atoms with van der Waals surface area (Å²) in [6.07, 6.45) is 1.09. The second-order valence-corrected chi connectivity index (χ2v) is 7.28. The van der Waals surface area contributed by atoms with E-state index in [0.717, 1.165) is 23.8 Å². The van der Waals surface area contributed by atoms with Gasteiger partial charge in [-0.3, -0.25) is 0 Å². The van der Waals surface area contributed by atoms with Crippen LogP contribution in [0.4, 0.5) is 0 Å². The summed E-state index contributed by atoms with van der Waals surface area (Å²) >= 11 is 7.64. The zero-order chi connectivity index (χ0) is 15.2. The van der Waals surface area contributed by atoms with Gasteiger partial charge in [-0.05, 0) is 45.1 Å². The molecule has 0 fully saturated rings. The van der Waals surface area contributed by atoms with Crippen molar-refractivity contribution in [1.29, 1.82) is 0 Å². The molecule has 2 nitrogen and oxygen atoms in total. The van der Waals surface area contributed by atoms with Crippen molar-refractivity contribution in [2.75, 3.05) is 20.6 Å². The number of aryl methyl sites for hydroxylation is 1. The predicted octanol–water partition coefficient (Wildman–Crippen LogP) is 4.49. The predicted molar refractivity (Wildman–Crippen MR) is 93.3 cm³/mol. The summed E-state index contributed by atoms with van der Waals surface area (Å²) in [7, 11) is 4.19. The minimum absolute atomic E-state index is 0.403. The normalized spacial score (nSPS) is 12.8. The maximum atomic E-state index is 5.98. The van der Waals surface area contributed by atoms with Crippen LogP contribution in [-0.4, -0.2) is 25.5 Å². The second kappa shape index (κ2) is 7.95. The number of thiophene rings is 1. The fourth-order valence-electron chi connectivity index (χ4n) is 2.41. The number of rotatable bonds is 7. The van der Waals surface area contributed by atoms with Gasteiger partial charge >= 0.3 is 0 Å². The molecule has 0 radical (unpaired) electrons. The van der Waals surface area contributed by atoms with Gasteiger partial charge in [0.2, 0.25) is 0 Å². The lowest BCUT2D eigenvalue weighted by Gasteiger charge is -2.21. The Morgan fingerprint density at radius 3 is 2.48 bits per heavy atom. The molecule has 1 N–H and O–H groups in total. The Balaban J connectivity index is 1.86. The third-order valence-electron chi connectivity index (χ3n) is 3.68. The second-order valence-electron chi connectivity index (χ2n) is 5.48. The molecule has 4 heteroatoms. The highest BCUT2D eigenvalue weighted by Gasteiger charge is 2.11. The molecule has 0 saturated heterocycles. The Bertz CT molecular complexity index is 550. The van der Waals surface area contributed by atoms with Crippen molar-refractivity contribution in [3.05, 3.63) is 56.7 Å². The van der Waals surface area contributed by atoms with Crippen LogP contribution < -0.4 is 5.32 Å². The van der Waals surface area contributed by atoms with E-state index in [1.807, 2.05) is 13.1 Å². The van der Waals surface area contributed by atoms with E-state index in [2.05, 4.69) is 54.5 Å². The quantitative estimate of drug-likeness (QED) is 0.807. The van der Waals surface area contributed by atoms with Gasteiger partial charge in [-0.2, -0.15) is 0 Å². The van der Waals surface area contributed by atoms with Crippen molar-refractivity contribution in [2.24, 2.45) is 0 Å². The molecule has 0 amide bonds. The number of benzene rings is 1. The van der Waals surface area contributed by atoms with Crippen molar-refractivity contribution in [1.82, 2.24) is 10.2 Å². The van der Waals surface area contributed by atoms with Crippen LogP contribution in [0.3, 0.4) is 0 Å². The molecule has 1 heterocycles. The molecule has 0 bridgehead atoms. The Morgan fingerprint density at radius 1 is 1.19 bits per heavy atom. The van der Waals surface area contributed by atoms with Crippen LogP contribution in [0.15, 0.2) is 36.4 Å². The topological polar surface area (TPSA) is 15.3 Å². The molecule has 114 valence electrons. The zero-order valence-corrected chi connectivity index (χ0v) is 14.5. The third kappa shape index (κ3) is 5.11. The van der Waals surface area contributed by atoms with Gasteiger partial charge in [-0.15, -0.1) is 11.3 Å². The minimum Gasteiger partial charge on any atom is -0.313 e. The fourth-order valence-corrected chi connectivity index (χ4v) is 3.58. The van der Waals surface area contributed by atoms with E-state index in [1.54, 1.807) is 11.3 Å². The number of halogens is 1. The van der Waals surface area contributed by atoms with Crippen molar-refractivity contribution in [2.45, 2.75) is 25.9 Å². The highest BCUT2D eigenvalue weighted by atomic mass is 35.5. The Morgan fingerprint density at radius 2 is 1.90 bits per heavy atom. The summed E-state index contributed by atoms with van der Waals surface area (Å²) in [6.45, 7) is 4.13. The van der Waals surface area contributed by atoms with Crippen molar-refractivity contribution < 1.29 is 0 Å². The third-order valence-corrected chi connectivity index (χ3v) is 4.90. The molecule has 0 aliphatic carbocycles. The van der Waals surface area contributed by atoms with Crippen LogP contribution in [0.25, 0.3) is 0 Å². The summed E-state index contributed by atoms with van der Waals surface area (Å²) in [5, 5.41) is 3.42. The lowest BCUT2D eigenvalue weighted by atomic mass is 10.0. The van der Waals surface area contributed by atoms with E-state index in [1.165, 1.54) is 16.0 Å². The summed E-state index contributed by atoms with van der Waals surface area (Å²) < 4.78 is 0.867. The number of hydrogen-bond acceptors (Lipinski definition) is 3. The number of nitrogens with zero attached hydrogens (tertiary/aromatic N) is 1. The standard InChI is InChI=1S/C17H23ClN2S/c1-13-4-6-14(7-5-13)16(19-2)10-11-20(3)12-15-8-9-17(18)21-15/h4-9,16,19H,10-12H2,1-3H3. The van der Waals surface area contributed by atoms with Gasteiger partial charge < -0.3 is 10.2 Å². The molecule has 0 saturated carbocycles. The Kier molecular flexibility index (Phi) is 6.24. The van der Waals surface area contributed by atoms with Gasteiger partial charge in [0.05, 0.1) is 4.34 Å². The van der Waals surface area contributed by atoms with Gasteiger partial charge in [-0.25, -0.2) is 0 Å². The first-order valence-electron chi connectivity index (χ1n) is 7.25. The maximum Gasteiger partial charge on any atom is 0.0931 e. The molecule has 0 spiro atoms. The van der Waals surface area contributed by atoms with Gasteiger partial charge in [0.1, 0.15) is 0 Å². The molecular formula is C17H23ClN2S. The molecule has 1 atom stereocenters. The number of hydrogen-bond donors (Lipinski definition) is 1. The summed E-state index contributed by atoms with van der Waals surface area (Å²) in [5.41, 5.74) is 2.66. The van der Waals surface area contributed by atoms with E-state index in [9.17, 15) is 0 Å². The largest absolute Gasteiger partial charge is 0.313 e. The highest BCUT2D eigenvalue weighted by Crippen LogP contribution is 2.23. The molecule has 1 aromatic carbocycles. The van der Waals surface area contributed by atoms with Crippen molar-refractivity contribution in [3.8, 4) is 0 Å². The molecule has 1 unspecified atom stereocenters. The monoisotopic (exact) mass is 322 g/mol. The molecule has 21 heavy (non-hydrogen) atoms. The van der Waals surface area contributed by atoms with Crippen LogP contribution in [0.5, 0.6) is 0 Å². The molecule has 2 aromatic rings. The van der Waals surface area contributed by atoms with E-state index in [4.69, 9.17) is 11.6 Å². The summed E-state index contributed by atoms with van der Waals surface area (Å²) in [5.74, 6) is 0.